The van der Waals surface area contributed by atoms with Crippen molar-refractivity contribution >= 4 is 11.4 Å². The number of nitrogens with zero attached hydrogens (tertiary/aromatic N) is 2. The summed E-state index contributed by atoms with van der Waals surface area (Å²) in [6, 6.07) is 4.91. The molecule has 0 amide bonds. The second-order valence-electron chi connectivity index (χ2n) is 6.15. The number of rotatable bonds is 5. The zero-order valence-corrected chi connectivity index (χ0v) is 13.9. The van der Waals surface area contributed by atoms with Crippen LogP contribution in [0.4, 0.5) is 11.4 Å². The molecule has 118 valence electrons. The molecule has 0 aliphatic carbocycles. The number of benzene rings is 1. The summed E-state index contributed by atoms with van der Waals surface area (Å²) in [7, 11) is 6.04. The van der Waals surface area contributed by atoms with E-state index in [1.807, 2.05) is 0 Å². The van der Waals surface area contributed by atoms with Crippen LogP contribution < -0.4 is 15.4 Å². The van der Waals surface area contributed by atoms with Crippen molar-refractivity contribution in [2.75, 3.05) is 44.9 Å². The normalized spacial score (nSPS) is 16.5. The monoisotopic (exact) mass is 291 g/mol. The van der Waals surface area contributed by atoms with Crippen LogP contribution in [0.2, 0.25) is 0 Å². The maximum Gasteiger partial charge on any atom is 0.143 e. The van der Waals surface area contributed by atoms with Crippen molar-refractivity contribution in [2.45, 2.75) is 38.6 Å². The maximum absolute atomic E-state index is 6.07. The van der Waals surface area contributed by atoms with Gasteiger partial charge < -0.3 is 20.3 Å². The molecule has 21 heavy (non-hydrogen) atoms. The van der Waals surface area contributed by atoms with Crippen LogP contribution in [-0.2, 0) is 6.42 Å². The molecule has 1 aromatic carbocycles. The van der Waals surface area contributed by atoms with Crippen LogP contribution in [0.1, 0.15) is 31.7 Å². The number of nitrogens with two attached hydrogens (primary N) is 1. The van der Waals surface area contributed by atoms with Crippen LogP contribution in [0.15, 0.2) is 12.1 Å². The molecule has 0 unspecified atom stereocenters. The summed E-state index contributed by atoms with van der Waals surface area (Å²) in [6.07, 6.45) is 4.63. The molecule has 1 heterocycles. The van der Waals surface area contributed by atoms with Gasteiger partial charge in [0.1, 0.15) is 5.75 Å². The summed E-state index contributed by atoms with van der Waals surface area (Å²) < 4.78 is 5.41. The zero-order valence-electron chi connectivity index (χ0n) is 13.9. The van der Waals surface area contributed by atoms with Gasteiger partial charge in [0.2, 0.25) is 0 Å². The highest BCUT2D eigenvalue weighted by atomic mass is 16.5. The highest BCUT2D eigenvalue weighted by Crippen LogP contribution is 2.34. The van der Waals surface area contributed by atoms with Crippen LogP contribution in [-0.4, -0.2) is 45.2 Å². The molecule has 1 aliphatic heterocycles. The van der Waals surface area contributed by atoms with E-state index in [2.05, 4.69) is 43.0 Å². The number of methoxy groups -OCH3 is 1. The fourth-order valence-electron chi connectivity index (χ4n) is 3.20. The van der Waals surface area contributed by atoms with E-state index in [9.17, 15) is 0 Å². The molecule has 0 bridgehead atoms. The van der Waals surface area contributed by atoms with Crippen molar-refractivity contribution in [1.82, 2.24) is 4.90 Å². The lowest BCUT2D eigenvalue weighted by Crippen LogP contribution is -2.42. The molecule has 2 N–H and O–H groups in total. The first-order valence-electron chi connectivity index (χ1n) is 7.94. The number of hydrogen-bond donors (Lipinski definition) is 1. The molecule has 4 nitrogen and oxygen atoms in total. The van der Waals surface area contributed by atoms with E-state index in [0.29, 0.717) is 6.04 Å². The number of hydrogen-bond acceptors (Lipinski definition) is 4. The predicted octanol–water partition coefficient (Wildman–Crippen LogP) is 2.76. The first-order valence-corrected chi connectivity index (χ1v) is 7.94. The summed E-state index contributed by atoms with van der Waals surface area (Å²) in [5.41, 5.74) is 9.47. The van der Waals surface area contributed by atoms with Gasteiger partial charge in [-0.15, -0.1) is 0 Å². The van der Waals surface area contributed by atoms with E-state index >= 15 is 0 Å². The highest BCUT2D eigenvalue weighted by Gasteiger charge is 2.23. The van der Waals surface area contributed by atoms with Gasteiger partial charge in [0.25, 0.3) is 0 Å². The molecule has 1 fully saturated rings. The molecule has 0 radical (unpaired) electrons. The Morgan fingerprint density at radius 1 is 1.29 bits per heavy atom. The number of ether oxygens (including phenoxy) is 1. The molecule has 4 heteroatoms. The molecule has 1 aromatic rings. The lowest BCUT2D eigenvalue weighted by atomic mass is 10.00. The minimum Gasteiger partial charge on any atom is -0.495 e. The Labute approximate surface area is 128 Å². The second kappa shape index (κ2) is 7.03. The molecule has 2 rings (SSSR count). The second-order valence-corrected chi connectivity index (χ2v) is 6.15. The quantitative estimate of drug-likeness (QED) is 0.847. The summed E-state index contributed by atoms with van der Waals surface area (Å²) in [5.74, 6) is 0.791. The van der Waals surface area contributed by atoms with Crippen molar-refractivity contribution < 1.29 is 4.74 Å². The number of aryl methyl sites for hydroxylation is 1. The lowest BCUT2D eigenvalue weighted by Gasteiger charge is -2.37. The molecule has 0 saturated carbocycles. The van der Waals surface area contributed by atoms with Crippen LogP contribution in [0, 0.1) is 0 Å². The Morgan fingerprint density at radius 2 is 1.95 bits per heavy atom. The van der Waals surface area contributed by atoms with Crippen LogP contribution in [0.3, 0.4) is 0 Å². The number of piperidine rings is 1. The van der Waals surface area contributed by atoms with E-state index in [1.165, 1.54) is 24.1 Å². The smallest absolute Gasteiger partial charge is 0.143 e. The van der Waals surface area contributed by atoms with Gasteiger partial charge in [-0.1, -0.05) is 13.3 Å². The summed E-state index contributed by atoms with van der Waals surface area (Å²) in [6.45, 7) is 4.42. The van der Waals surface area contributed by atoms with Crippen LogP contribution >= 0.6 is 0 Å². The van der Waals surface area contributed by atoms with Crippen molar-refractivity contribution in [1.29, 1.82) is 0 Å². The van der Waals surface area contributed by atoms with Crippen molar-refractivity contribution in [3.05, 3.63) is 17.7 Å². The molecule has 0 atom stereocenters. The highest BCUT2D eigenvalue weighted by molar-refractivity contribution is 5.67. The van der Waals surface area contributed by atoms with E-state index < -0.39 is 0 Å². The van der Waals surface area contributed by atoms with E-state index in [1.54, 1.807) is 7.11 Å². The molecule has 0 aromatic heterocycles. The largest absolute Gasteiger partial charge is 0.495 e. The van der Waals surface area contributed by atoms with Gasteiger partial charge in [-0.2, -0.15) is 0 Å². The third-order valence-electron chi connectivity index (χ3n) is 4.49. The van der Waals surface area contributed by atoms with Crippen LogP contribution in [0.5, 0.6) is 5.75 Å². The molecular weight excluding hydrogens is 262 g/mol. The average molecular weight is 291 g/mol. The van der Waals surface area contributed by atoms with Gasteiger partial charge in [-0.25, -0.2) is 0 Å². The van der Waals surface area contributed by atoms with Crippen LogP contribution in [0.25, 0.3) is 0 Å². The number of anilines is 2. The van der Waals surface area contributed by atoms with Crippen molar-refractivity contribution in [3.8, 4) is 5.75 Å². The van der Waals surface area contributed by atoms with E-state index in [4.69, 9.17) is 10.5 Å². The molecule has 1 aliphatic rings. The first-order chi connectivity index (χ1) is 10.1. The summed E-state index contributed by atoms with van der Waals surface area (Å²) >= 11 is 0. The molecular formula is C17H29N3O. The minimum atomic E-state index is 0.701. The van der Waals surface area contributed by atoms with Gasteiger partial charge in [0, 0.05) is 30.9 Å². The SMILES string of the molecule is CCCc1cc(N)c(OC)cc1N1CCC(N(C)C)CC1. The Bertz CT molecular complexity index is 465. The standard InChI is InChI=1S/C17H29N3O/c1-5-6-13-11-15(18)17(21-4)12-16(13)20-9-7-14(8-10-20)19(2)3/h11-12,14H,5-10,18H2,1-4H3. The Balaban J connectivity index is 2.22. The first kappa shape index (κ1) is 16.0. The third-order valence-corrected chi connectivity index (χ3v) is 4.49. The maximum atomic E-state index is 6.07. The molecule has 1 saturated heterocycles. The Morgan fingerprint density at radius 3 is 2.48 bits per heavy atom. The van der Waals surface area contributed by atoms with Crippen molar-refractivity contribution in [3.63, 3.8) is 0 Å². The topological polar surface area (TPSA) is 41.7 Å². The minimum absolute atomic E-state index is 0.701. The summed E-state index contributed by atoms with van der Waals surface area (Å²) in [5, 5.41) is 0. The van der Waals surface area contributed by atoms with E-state index in [-0.39, 0.29) is 0 Å². The Hall–Kier alpha value is -1.42. The fraction of sp³-hybridized carbons (Fsp3) is 0.647. The zero-order chi connectivity index (χ0) is 15.4. The van der Waals surface area contributed by atoms with Gasteiger partial charge >= 0.3 is 0 Å². The van der Waals surface area contributed by atoms with E-state index in [0.717, 1.165) is 37.4 Å². The van der Waals surface area contributed by atoms with Gasteiger partial charge in [0.05, 0.1) is 12.8 Å². The number of nitrogen functional groups attached to an aromatic ring is 1. The fourth-order valence-corrected chi connectivity index (χ4v) is 3.20. The average Bonchev–Trinajstić information content (AvgIpc) is 2.48. The molecule has 0 spiro atoms. The van der Waals surface area contributed by atoms with Gasteiger partial charge in [-0.3, -0.25) is 0 Å². The Kier molecular flexibility index (Phi) is 5.34. The lowest BCUT2D eigenvalue weighted by molar-refractivity contribution is 0.249. The third kappa shape index (κ3) is 3.62. The van der Waals surface area contributed by atoms with Crippen molar-refractivity contribution in [2.24, 2.45) is 0 Å². The summed E-state index contributed by atoms with van der Waals surface area (Å²) in [4.78, 5) is 4.83. The van der Waals surface area contributed by atoms with Gasteiger partial charge in [0.15, 0.2) is 0 Å². The predicted molar refractivity (Wildman–Crippen MR) is 90.3 cm³/mol. The van der Waals surface area contributed by atoms with Gasteiger partial charge in [-0.05, 0) is 45.0 Å².